The van der Waals surface area contributed by atoms with Crippen molar-refractivity contribution in [3.05, 3.63) is 0 Å². The fourth-order valence-electron chi connectivity index (χ4n) is 4.02. The van der Waals surface area contributed by atoms with Crippen molar-refractivity contribution < 1.29 is 1.43 Å². The van der Waals surface area contributed by atoms with Crippen LogP contribution in [-0.2, 0) is 0 Å². The Bertz CT molecular complexity index is 210. The summed E-state index contributed by atoms with van der Waals surface area (Å²) < 4.78 is 0. The Kier molecular flexibility index (Phi) is 1.99. The zero-order valence-corrected chi connectivity index (χ0v) is 9.48. The molecule has 0 heterocycles. The minimum Gasteiger partial charge on any atom is -0.313 e. The third-order valence-electron chi connectivity index (χ3n) is 4.68. The molecule has 0 aromatic heterocycles. The molecule has 0 saturated heterocycles. The SMILES string of the molecule is CCN[C@H]1C(C)(C)C2CC[C@@]1(C)C2.[HH]. The lowest BCUT2D eigenvalue weighted by molar-refractivity contribution is 0.111. The number of hydrogen-bond acceptors (Lipinski definition) is 1. The maximum absolute atomic E-state index is 3.71. The van der Waals surface area contributed by atoms with Crippen LogP contribution < -0.4 is 5.32 Å². The quantitative estimate of drug-likeness (QED) is 0.694. The molecule has 0 amide bonds. The highest BCUT2D eigenvalue weighted by atomic mass is 15.0. The van der Waals surface area contributed by atoms with Crippen LogP contribution in [0.4, 0.5) is 0 Å². The van der Waals surface area contributed by atoms with Crippen molar-refractivity contribution in [3.63, 3.8) is 0 Å². The smallest absolute Gasteiger partial charge is 0.0175 e. The van der Waals surface area contributed by atoms with Gasteiger partial charge in [-0.1, -0.05) is 27.7 Å². The Balaban J connectivity index is 0.000000980. The number of rotatable bonds is 2. The predicted octanol–water partition coefficient (Wildman–Crippen LogP) is 3.06. The van der Waals surface area contributed by atoms with Crippen LogP contribution in [0.25, 0.3) is 0 Å². The van der Waals surface area contributed by atoms with Gasteiger partial charge in [-0.05, 0) is 42.6 Å². The van der Waals surface area contributed by atoms with E-state index in [4.69, 9.17) is 0 Å². The molecule has 1 N–H and O–H groups in total. The van der Waals surface area contributed by atoms with Crippen LogP contribution in [0.5, 0.6) is 0 Å². The van der Waals surface area contributed by atoms with Crippen LogP contribution >= 0.6 is 0 Å². The van der Waals surface area contributed by atoms with Gasteiger partial charge in [-0.25, -0.2) is 0 Å². The molecule has 0 radical (unpaired) electrons. The topological polar surface area (TPSA) is 12.0 Å². The van der Waals surface area contributed by atoms with Crippen LogP contribution in [-0.4, -0.2) is 12.6 Å². The lowest BCUT2D eigenvalue weighted by Crippen LogP contribution is -2.50. The van der Waals surface area contributed by atoms with Crippen LogP contribution in [0.1, 0.15) is 48.4 Å². The summed E-state index contributed by atoms with van der Waals surface area (Å²) in [5.41, 5.74) is 1.13. The molecule has 3 atom stereocenters. The highest BCUT2D eigenvalue weighted by molar-refractivity contribution is 5.11. The van der Waals surface area contributed by atoms with E-state index in [1.807, 2.05) is 0 Å². The molecule has 2 saturated carbocycles. The lowest BCUT2D eigenvalue weighted by Gasteiger charge is -2.43. The van der Waals surface area contributed by atoms with E-state index in [1.165, 1.54) is 19.3 Å². The van der Waals surface area contributed by atoms with Crippen molar-refractivity contribution in [2.24, 2.45) is 16.7 Å². The van der Waals surface area contributed by atoms with Crippen LogP contribution in [0.3, 0.4) is 0 Å². The molecule has 0 aliphatic heterocycles. The van der Waals surface area contributed by atoms with Gasteiger partial charge in [0.05, 0.1) is 0 Å². The van der Waals surface area contributed by atoms with Crippen LogP contribution in [0, 0.1) is 16.7 Å². The highest BCUT2D eigenvalue weighted by Gasteiger charge is 2.58. The fraction of sp³-hybridized carbons (Fsp3) is 1.00. The van der Waals surface area contributed by atoms with Crippen LogP contribution in [0.2, 0.25) is 0 Å². The molecule has 0 spiro atoms. The number of hydrogen-bond donors (Lipinski definition) is 1. The summed E-state index contributed by atoms with van der Waals surface area (Å²) in [6.45, 7) is 10.7. The first-order valence-electron chi connectivity index (χ1n) is 5.74. The Morgan fingerprint density at radius 3 is 2.54 bits per heavy atom. The molecule has 1 unspecified atom stereocenters. The van der Waals surface area contributed by atoms with E-state index in [9.17, 15) is 0 Å². The molecular weight excluding hydrogens is 158 g/mol. The third kappa shape index (κ3) is 1.16. The van der Waals surface area contributed by atoms with E-state index in [2.05, 4.69) is 33.0 Å². The molecule has 2 aliphatic rings. The molecule has 78 valence electrons. The highest BCUT2D eigenvalue weighted by Crippen LogP contribution is 2.62. The van der Waals surface area contributed by atoms with E-state index in [0.717, 1.165) is 18.5 Å². The molecule has 0 aromatic carbocycles. The van der Waals surface area contributed by atoms with Crippen molar-refractivity contribution in [2.75, 3.05) is 6.54 Å². The van der Waals surface area contributed by atoms with Gasteiger partial charge in [0.2, 0.25) is 0 Å². The summed E-state index contributed by atoms with van der Waals surface area (Å²) >= 11 is 0. The Hall–Kier alpha value is -0.0400. The average Bonchev–Trinajstić information content (AvgIpc) is 2.50. The van der Waals surface area contributed by atoms with Gasteiger partial charge in [-0.2, -0.15) is 0 Å². The maximum atomic E-state index is 3.71. The first kappa shape index (κ1) is 9.51. The fourth-order valence-corrected chi connectivity index (χ4v) is 4.02. The van der Waals surface area contributed by atoms with Gasteiger partial charge < -0.3 is 5.32 Å². The van der Waals surface area contributed by atoms with Crippen molar-refractivity contribution in [1.82, 2.24) is 5.32 Å². The van der Waals surface area contributed by atoms with E-state index in [-0.39, 0.29) is 1.43 Å². The second-order valence-corrected chi connectivity index (χ2v) is 5.91. The minimum absolute atomic E-state index is 0. The van der Waals surface area contributed by atoms with Crippen LogP contribution in [0.15, 0.2) is 0 Å². The van der Waals surface area contributed by atoms with Gasteiger partial charge in [0.25, 0.3) is 0 Å². The van der Waals surface area contributed by atoms with Crippen molar-refractivity contribution in [1.29, 1.82) is 0 Å². The number of fused-ring (bicyclic) bond motifs is 2. The molecule has 1 nitrogen and oxygen atoms in total. The van der Waals surface area contributed by atoms with Crippen molar-refractivity contribution >= 4 is 0 Å². The number of nitrogens with one attached hydrogen (secondary N) is 1. The molecule has 13 heavy (non-hydrogen) atoms. The van der Waals surface area contributed by atoms with Gasteiger partial charge in [-0.3, -0.25) is 0 Å². The van der Waals surface area contributed by atoms with Gasteiger partial charge >= 0.3 is 0 Å². The molecule has 2 bridgehead atoms. The normalized spacial score (nSPS) is 47.1. The molecular formula is C12H25N. The summed E-state index contributed by atoms with van der Waals surface area (Å²) in [6, 6.07) is 0.753. The first-order chi connectivity index (χ1) is 6.00. The zero-order chi connectivity index (χ0) is 9.69. The second-order valence-electron chi connectivity index (χ2n) is 5.91. The maximum Gasteiger partial charge on any atom is 0.0175 e. The minimum atomic E-state index is 0. The van der Waals surface area contributed by atoms with Gasteiger partial charge in [-0.15, -0.1) is 0 Å². The first-order valence-corrected chi connectivity index (χ1v) is 5.74. The summed E-state index contributed by atoms with van der Waals surface area (Å²) in [7, 11) is 0. The Labute approximate surface area is 83.8 Å². The molecule has 2 rings (SSSR count). The molecule has 0 aromatic rings. The Morgan fingerprint density at radius 1 is 1.38 bits per heavy atom. The van der Waals surface area contributed by atoms with Gasteiger partial charge in [0.1, 0.15) is 0 Å². The summed E-state index contributed by atoms with van der Waals surface area (Å²) in [4.78, 5) is 0. The van der Waals surface area contributed by atoms with E-state index in [1.54, 1.807) is 0 Å². The zero-order valence-electron chi connectivity index (χ0n) is 9.48. The molecule has 2 fully saturated rings. The second kappa shape index (κ2) is 2.73. The standard InChI is InChI=1S/C12H23N.H2/c1-5-13-10-11(2,3)9-6-7-12(10,4)8-9;/h9-10,13H,5-8H2,1-4H3;1H/t9?,10-,12-;/m0./s1. The summed E-state index contributed by atoms with van der Waals surface area (Å²) in [6.07, 6.45) is 4.36. The molecule has 2 aliphatic carbocycles. The van der Waals surface area contributed by atoms with E-state index >= 15 is 0 Å². The average molecular weight is 183 g/mol. The van der Waals surface area contributed by atoms with E-state index in [0.29, 0.717) is 10.8 Å². The van der Waals surface area contributed by atoms with Gasteiger partial charge in [0, 0.05) is 7.47 Å². The van der Waals surface area contributed by atoms with Crippen molar-refractivity contribution in [2.45, 2.75) is 53.0 Å². The van der Waals surface area contributed by atoms with Gasteiger partial charge in [0.15, 0.2) is 0 Å². The monoisotopic (exact) mass is 183 g/mol. The molecule has 1 heteroatoms. The third-order valence-corrected chi connectivity index (χ3v) is 4.68. The predicted molar refractivity (Wildman–Crippen MR) is 58.8 cm³/mol. The largest absolute Gasteiger partial charge is 0.313 e. The van der Waals surface area contributed by atoms with Crippen molar-refractivity contribution in [3.8, 4) is 0 Å². The summed E-state index contributed by atoms with van der Waals surface area (Å²) in [5.74, 6) is 0.974. The summed E-state index contributed by atoms with van der Waals surface area (Å²) in [5, 5.41) is 3.71. The van der Waals surface area contributed by atoms with E-state index < -0.39 is 0 Å². The lowest BCUT2D eigenvalue weighted by atomic mass is 9.68. The Morgan fingerprint density at radius 2 is 2.08 bits per heavy atom.